The first-order valence-electron chi connectivity index (χ1n) is 7.01. The number of hydrogen-bond acceptors (Lipinski definition) is 6. The third-order valence-electron chi connectivity index (χ3n) is 2.53. The lowest BCUT2D eigenvalue weighted by Gasteiger charge is -2.16. The van der Waals surface area contributed by atoms with Gasteiger partial charge in [-0.25, -0.2) is 4.79 Å². The van der Waals surface area contributed by atoms with E-state index in [0.717, 1.165) is 0 Å². The molecular formula is C15H19ClN2O6. The lowest BCUT2D eigenvalue weighted by Crippen LogP contribution is -2.42. The number of rotatable bonds is 6. The molecule has 0 fully saturated rings. The van der Waals surface area contributed by atoms with E-state index in [2.05, 4.69) is 10.9 Å². The van der Waals surface area contributed by atoms with E-state index >= 15 is 0 Å². The summed E-state index contributed by atoms with van der Waals surface area (Å²) in [6.45, 7) is 4.31. The first kappa shape index (κ1) is 19.6. The maximum absolute atomic E-state index is 12.0. The van der Waals surface area contributed by atoms with Gasteiger partial charge in [0.15, 0.2) is 18.1 Å². The number of halogens is 1. The largest absolute Gasteiger partial charge is 0.493 e. The first-order valence-corrected chi connectivity index (χ1v) is 7.39. The van der Waals surface area contributed by atoms with Gasteiger partial charge in [-0.2, -0.15) is 0 Å². The van der Waals surface area contributed by atoms with Crippen molar-refractivity contribution in [3.63, 3.8) is 0 Å². The second-order valence-electron chi connectivity index (χ2n) is 4.96. The van der Waals surface area contributed by atoms with Crippen LogP contribution in [-0.4, -0.2) is 37.6 Å². The molecule has 24 heavy (non-hydrogen) atoms. The first-order chi connectivity index (χ1) is 11.2. The second-order valence-corrected chi connectivity index (χ2v) is 5.37. The predicted molar refractivity (Wildman–Crippen MR) is 86.0 cm³/mol. The van der Waals surface area contributed by atoms with Gasteiger partial charge < -0.3 is 14.2 Å². The van der Waals surface area contributed by atoms with Gasteiger partial charge in [-0.15, -0.1) is 0 Å². The van der Waals surface area contributed by atoms with Crippen molar-refractivity contribution in [1.82, 2.24) is 10.9 Å². The normalized spacial score (nSPS) is 10.1. The smallest absolute Gasteiger partial charge is 0.338 e. The Hall–Kier alpha value is -2.48. The van der Waals surface area contributed by atoms with Crippen molar-refractivity contribution >= 4 is 29.4 Å². The Bertz CT molecular complexity index is 633. The van der Waals surface area contributed by atoms with Crippen LogP contribution in [0.4, 0.5) is 0 Å². The average molecular weight is 359 g/mol. The van der Waals surface area contributed by atoms with Crippen LogP contribution in [0.15, 0.2) is 12.1 Å². The third kappa shape index (κ3) is 5.96. The maximum Gasteiger partial charge on any atom is 0.338 e. The fraction of sp³-hybridized carbons (Fsp3) is 0.400. The zero-order chi connectivity index (χ0) is 18.3. The number of carbonyl (C=O) groups excluding carboxylic acids is 3. The molecular weight excluding hydrogens is 340 g/mol. The Kier molecular flexibility index (Phi) is 7.31. The fourth-order valence-electron chi connectivity index (χ4n) is 1.60. The standard InChI is InChI=1S/C15H19ClN2O6/c1-8(2)24-14-11(16)5-10(6-12(14)22-4)15(21)23-7-13(20)18-17-9(3)19/h5-6,8H,7H2,1-4H3,(H,17,19)(H,18,20). The summed E-state index contributed by atoms with van der Waals surface area (Å²) in [7, 11) is 1.41. The Morgan fingerprint density at radius 2 is 1.88 bits per heavy atom. The van der Waals surface area contributed by atoms with E-state index in [9.17, 15) is 14.4 Å². The van der Waals surface area contributed by atoms with E-state index in [1.807, 2.05) is 13.8 Å². The molecule has 9 heteroatoms. The fourth-order valence-corrected chi connectivity index (χ4v) is 1.85. The molecule has 0 aliphatic rings. The average Bonchev–Trinajstić information content (AvgIpc) is 2.51. The molecule has 2 N–H and O–H groups in total. The van der Waals surface area contributed by atoms with Crippen molar-refractivity contribution in [2.24, 2.45) is 0 Å². The van der Waals surface area contributed by atoms with Gasteiger partial charge in [-0.05, 0) is 26.0 Å². The van der Waals surface area contributed by atoms with Crippen molar-refractivity contribution in [3.05, 3.63) is 22.7 Å². The zero-order valence-corrected chi connectivity index (χ0v) is 14.5. The Morgan fingerprint density at radius 1 is 1.21 bits per heavy atom. The molecule has 0 atom stereocenters. The van der Waals surface area contributed by atoms with Crippen LogP contribution in [0.1, 0.15) is 31.1 Å². The van der Waals surface area contributed by atoms with Crippen LogP contribution in [0.25, 0.3) is 0 Å². The maximum atomic E-state index is 12.0. The minimum atomic E-state index is -0.774. The van der Waals surface area contributed by atoms with Gasteiger partial charge in [-0.3, -0.25) is 20.4 Å². The van der Waals surface area contributed by atoms with E-state index in [4.69, 9.17) is 25.8 Å². The van der Waals surface area contributed by atoms with Gasteiger partial charge in [0.1, 0.15) is 0 Å². The van der Waals surface area contributed by atoms with Crippen molar-refractivity contribution < 1.29 is 28.6 Å². The third-order valence-corrected chi connectivity index (χ3v) is 2.81. The molecule has 0 saturated carbocycles. The number of benzene rings is 1. The summed E-state index contributed by atoms with van der Waals surface area (Å²) in [4.78, 5) is 34.0. The van der Waals surface area contributed by atoms with Crippen LogP contribution >= 0.6 is 11.6 Å². The van der Waals surface area contributed by atoms with Gasteiger partial charge in [-0.1, -0.05) is 11.6 Å². The number of hydrazine groups is 1. The SMILES string of the molecule is COc1cc(C(=O)OCC(=O)NNC(C)=O)cc(Cl)c1OC(C)C. The van der Waals surface area contributed by atoms with Crippen LogP contribution in [0.5, 0.6) is 11.5 Å². The summed E-state index contributed by atoms with van der Waals surface area (Å²) in [5.74, 6) is -1.33. The molecule has 0 heterocycles. The molecule has 0 saturated heterocycles. The van der Waals surface area contributed by atoms with Crippen LogP contribution < -0.4 is 20.3 Å². The Labute approximate surface area is 144 Å². The van der Waals surface area contributed by atoms with E-state index in [1.165, 1.54) is 26.2 Å². The van der Waals surface area contributed by atoms with Crippen molar-refractivity contribution in [2.75, 3.05) is 13.7 Å². The molecule has 0 radical (unpaired) electrons. The van der Waals surface area contributed by atoms with Gasteiger partial charge in [0.05, 0.1) is 23.8 Å². The molecule has 0 unspecified atom stereocenters. The summed E-state index contributed by atoms with van der Waals surface area (Å²) >= 11 is 6.11. The van der Waals surface area contributed by atoms with Gasteiger partial charge in [0.2, 0.25) is 5.91 Å². The number of amides is 2. The van der Waals surface area contributed by atoms with Gasteiger partial charge in [0.25, 0.3) is 5.91 Å². The summed E-state index contributed by atoms with van der Waals surface area (Å²) in [5, 5.41) is 0.178. The summed E-state index contributed by atoms with van der Waals surface area (Å²) in [6, 6.07) is 2.76. The molecule has 0 bridgehead atoms. The highest BCUT2D eigenvalue weighted by molar-refractivity contribution is 6.32. The Balaban J connectivity index is 2.79. The number of hydrogen-bond donors (Lipinski definition) is 2. The van der Waals surface area contributed by atoms with Crippen molar-refractivity contribution in [1.29, 1.82) is 0 Å². The molecule has 0 aromatic heterocycles. The van der Waals surface area contributed by atoms with Crippen LogP contribution in [0, 0.1) is 0 Å². The molecule has 1 aromatic rings. The lowest BCUT2D eigenvalue weighted by molar-refractivity contribution is -0.129. The molecule has 1 aromatic carbocycles. The predicted octanol–water partition coefficient (Wildman–Crippen LogP) is 1.46. The zero-order valence-electron chi connectivity index (χ0n) is 13.8. The number of nitrogens with one attached hydrogen (secondary N) is 2. The van der Waals surface area contributed by atoms with E-state index < -0.39 is 24.4 Å². The molecule has 1 rings (SSSR count). The summed E-state index contributed by atoms with van der Waals surface area (Å²) in [6.07, 6.45) is -0.133. The van der Waals surface area contributed by atoms with E-state index in [1.54, 1.807) is 0 Å². The highest BCUT2D eigenvalue weighted by atomic mass is 35.5. The summed E-state index contributed by atoms with van der Waals surface area (Å²) < 4.78 is 15.5. The lowest BCUT2D eigenvalue weighted by atomic mass is 10.2. The molecule has 0 aliphatic carbocycles. The highest BCUT2D eigenvalue weighted by Gasteiger charge is 2.18. The Morgan fingerprint density at radius 3 is 2.42 bits per heavy atom. The molecule has 0 aliphatic heterocycles. The number of esters is 1. The molecule has 0 spiro atoms. The molecule has 2 amide bonds. The van der Waals surface area contributed by atoms with Gasteiger partial charge in [0, 0.05) is 6.92 Å². The summed E-state index contributed by atoms with van der Waals surface area (Å²) in [5.41, 5.74) is 4.24. The van der Waals surface area contributed by atoms with Crippen molar-refractivity contribution in [2.45, 2.75) is 26.9 Å². The molecule has 8 nitrogen and oxygen atoms in total. The number of methoxy groups -OCH3 is 1. The van der Waals surface area contributed by atoms with E-state index in [0.29, 0.717) is 5.75 Å². The minimum Gasteiger partial charge on any atom is -0.493 e. The minimum absolute atomic E-state index is 0.0975. The number of carbonyl (C=O) groups is 3. The van der Waals surface area contributed by atoms with Gasteiger partial charge >= 0.3 is 5.97 Å². The topological polar surface area (TPSA) is 103 Å². The quantitative estimate of drug-likeness (QED) is 0.589. The molecule has 132 valence electrons. The monoisotopic (exact) mass is 358 g/mol. The number of ether oxygens (including phenoxy) is 3. The van der Waals surface area contributed by atoms with Crippen LogP contribution in [0.2, 0.25) is 5.02 Å². The van der Waals surface area contributed by atoms with E-state index in [-0.39, 0.29) is 22.4 Å². The van der Waals surface area contributed by atoms with Crippen molar-refractivity contribution in [3.8, 4) is 11.5 Å². The highest BCUT2D eigenvalue weighted by Crippen LogP contribution is 2.37. The van der Waals surface area contributed by atoms with Crippen LogP contribution in [0.3, 0.4) is 0 Å². The second kappa shape index (κ2) is 8.97. The van der Waals surface area contributed by atoms with Crippen LogP contribution in [-0.2, 0) is 14.3 Å².